The molecule has 0 amide bonds. The van der Waals surface area contributed by atoms with E-state index in [0.29, 0.717) is 23.0 Å². The summed E-state index contributed by atoms with van der Waals surface area (Å²) in [7, 11) is 3.01. The van der Waals surface area contributed by atoms with Gasteiger partial charge in [0.2, 0.25) is 5.89 Å². The number of nitrogens with zero attached hydrogens (tertiary/aromatic N) is 2. The van der Waals surface area contributed by atoms with Crippen LogP contribution in [0.3, 0.4) is 0 Å². The van der Waals surface area contributed by atoms with Crippen LogP contribution < -0.4 is 9.47 Å². The summed E-state index contributed by atoms with van der Waals surface area (Å²) in [5, 5.41) is 7.83. The number of rotatable bonds is 6. The second kappa shape index (κ2) is 7.48. The number of carbonyl (C=O) groups excluding carboxylic acids is 1. The van der Waals surface area contributed by atoms with Crippen LogP contribution in [-0.4, -0.2) is 30.4 Å². The minimum atomic E-state index is -0.545. The Kier molecular flexibility index (Phi) is 4.94. The molecule has 0 N–H and O–H groups in total. The lowest BCUT2D eigenvalue weighted by molar-refractivity contribution is 0.0438. The quantitative estimate of drug-likeness (QED) is 0.637. The summed E-state index contributed by atoms with van der Waals surface area (Å²) in [5.41, 5.74) is 1.10. The third-order valence-corrected chi connectivity index (χ3v) is 3.40. The molecule has 1 aromatic heterocycles. The molecule has 0 radical (unpaired) electrons. The molecule has 25 heavy (non-hydrogen) atoms. The molecule has 7 nitrogen and oxygen atoms in total. The Labute approximate surface area is 144 Å². The first kappa shape index (κ1) is 16.5. The third-order valence-electron chi connectivity index (χ3n) is 3.40. The Morgan fingerprint density at radius 2 is 1.68 bits per heavy atom. The normalized spacial score (nSPS) is 10.3. The summed E-state index contributed by atoms with van der Waals surface area (Å²) in [4.78, 5) is 12.2. The lowest BCUT2D eigenvalue weighted by Gasteiger charge is -2.07. The molecule has 0 spiro atoms. The van der Waals surface area contributed by atoms with Crippen molar-refractivity contribution in [1.82, 2.24) is 10.2 Å². The maximum absolute atomic E-state index is 12.2. The fraction of sp³-hybridized carbons (Fsp3) is 0.167. The SMILES string of the molecule is COc1cc(OC)cc(C(=O)OCc2nnc(-c3ccccc3)o2)c1. The number of carbonyl (C=O) groups is 1. The summed E-state index contributed by atoms with van der Waals surface area (Å²) in [5.74, 6) is 1.03. The van der Waals surface area contributed by atoms with E-state index < -0.39 is 5.97 Å². The fourth-order valence-electron chi connectivity index (χ4n) is 2.15. The Bertz CT molecular complexity index is 839. The van der Waals surface area contributed by atoms with Crippen LogP contribution in [0.5, 0.6) is 11.5 Å². The summed E-state index contributed by atoms with van der Waals surface area (Å²) < 4.78 is 21.0. The van der Waals surface area contributed by atoms with Gasteiger partial charge in [0.15, 0.2) is 6.61 Å². The van der Waals surface area contributed by atoms with Crippen molar-refractivity contribution < 1.29 is 23.4 Å². The lowest BCUT2D eigenvalue weighted by Crippen LogP contribution is -2.06. The minimum absolute atomic E-state index is 0.127. The average Bonchev–Trinajstić information content (AvgIpc) is 3.15. The van der Waals surface area contributed by atoms with E-state index in [1.165, 1.54) is 14.2 Å². The zero-order valence-corrected chi connectivity index (χ0v) is 13.8. The zero-order valence-electron chi connectivity index (χ0n) is 13.8. The number of aromatic nitrogens is 2. The van der Waals surface area contributed by atoms with Gasteiger partial charge < -0.3 is 18.6 Å². The summed E-state index contributed by atoms with van der Waals surface area (Å²) in [6.07, 6.45) is 0. The van der Waals surface area contributed by atoms with E-state index in [2.05, 4.69) is 10.2 Å². The van der Waals surface area contributed by atoms with Crippen LogP contribution >= 0.6 is 0 Å². The predicted octanol–water partition coefficient (Wildman–Crippen LogP) is 3.11. The third kappa shape index (κ3) is 3.95. The van der Waals surface area contributed by atoms with Gasteiger partial charge >= 0.3 is 5.97 Å². The summed E-state index contributed by atoms with van der Waals surface area (Å²) >= 11 is 0. The molecule has 0 saturated carbocycles. The molecule has 0 aliphatic rings. The molecule has 1 heterocycles. The highest BCUT2D eigenvalue weighted by molar-refractivity contribution is 5.90. The van der Waals surface area contributed by atoms with Gasteiger partial charge in [0.1, 0.15) is 11.5 Å². The Morgan fingerprint density at radius 3 is 2.32 bits per heavy atom. The molecule has 0 atom stereocenters. The molecule has 128 valence electrons. The van der Waals surface area contributed by atoms with Gasteiger partial charge in [0.25, 0.3) is 5.89 Å². The van der Waals surface area contributed by atoms with Crippen molar-refractivity contribution in [1.29, 1.82) is 0 Å². The van der Waals surface area contributed by atoms with E-state index in [9.17, 15) is 4.79 Å². The van der Waals surface area contributed by atoms with Gasteiger partial charge in [0, 0.05) is 11.6 Å². The molecule has 0 fully saturated rings. The molecule has 0 saturated heterocycles. The van der Waals surface area contributed by atoms with Gasteiger partial charge in [-0.25, -0.2) is 4.79 Å². The van der Waals surface area contributed by atoms with E-state index in [0.717, 1.165) is 5.56 Å². The Hall–Kier alpha value is -3.35. The lowest BCUT2D eigenvalue weighted by atomic mass is 10.2. The second-order valence-corrected chi connectivity index (χ2v) is 5.04. The van der Waals surface area contributed by atoms with E-state index in [-0.39, 0.29) is 12.5 Å². The first-order valence-corrected chi connectivity index (χ1v) is 7.47. The van der Waals surface area contributed by atoms with Crippen molar-refractivity contribution in [3.8, 4) is 23.0 Å². The maximum Gasteiger partial charge on any atom is 0.338 e. The first-order chi connectivity index (χ1) is 12.2. The van der Waals surface area contributed by atoms with Crippen molar-refractivity contribution in [2.24, 2.45) is 0 Å². The predicted molar refractivity (Wildman–Crippen MR) is 88.4 cm³/mol. The van der Waals surface area contributed by atoms with Crippen LogP contribution in [0, 0.1) is 0 Å². The smallest absolute Gasteiger partial charge is 0.338 e. The van der Waals surface area contributed by atoms with Gasteiger partial charge in [-0.05, 0) is 24.3 Å². The number of hydrogen-bond donors (Lipinski definition) is 0. The molecule has 0 bridgehead atoms. The highest BCUT2D eigenvalue weighted by Crippen LogP contribution is 2.23. The monoisotopic (exact) mass is 340 g/mol. The van der Waals surface area contributed by atoms with Crippen LogP contribution in [0.1, 0.15) is 16.2 Å². The molecule has 0 aliphatic heterocycles. The molecule has 3 aromatic rings. The summed E-state index contributed by atoms with van der Waals surface area (Å²) in [6.45, 7) is -0.127. The van der Waals surface area contributed by atoms with Crippen LogP contribution in [-0.2, 0) is 11.3 Å². The van der Waals surface area contributed by atoms with Gasteiger partial charge in [0.05, 0.1) is 19.8 Å². The minimum Gasteiger partial charge on any atom is -0.497 e. The van der Waals surface area contributed by atoms with Crippen molar-refractivity contribution in [3.05, 3.63) is 60.0 Å². The highest BCUT2D eigenvalue weighted by Gasteiger charge is 2.14. The van der Waals surface area contributed by atoms with Crippen molar-refractivity contribution in [3.63, 3.8) is 0 Å². The zero-order chi connectivity index (χ0) is 17.6. The van der Waals surface area contributed by atoms with E-state index in [1.807, 2.05) is 30.3 Å². The van der Waals surface area contributed by atoms with E-state index >= 15 is 0 Å². The van der Waals surface area contributed by atoms with E-state index in [4.69, 9.17) is 18.6 Å². The number of esters is 1. The topological polar surface area (TPSA) is 83.7 Å². The Balaban J connectivity index is 1.68. The standard InChI is InChI=1S/C18H16N2O5/c1-22-14-8-13(9-15(10-14)23-2)18(21)24-11-16-19-20-17(25-16)12-6-4-3-5-7-12/h3-10H,11H2,1-2H3. The molecule has 7 heteroatoms. The molecule has 0 unspecified atom stereocenters. The fourth-order valence-corrected chi connectivity index (χ4v) is 2.15. The second-order valence-electron chi connectivity index (χ2n) is 5.04. The summed E-state index contributed by atoms with van der Waals surface area (Å²) in [6, 6.07) is 14.1. The molecule has 2 aromatic carbocycles. The molecule has 3 rings (SSSR count). The Morgan fingerprint density at radius 1 is 1.00 bits per heavy atom. The van der Waals surface area contributed by atoms with Gasteiger partial charge in [-0.15, -0.1) is 10.2 Å². The van der Waals surface area contributed by atoms with Crippen molar-refractivity contribution in [2.45, 2.75) is 6.61 Å². The van der Waals surface area contributed by atoms with Crippen LogP contribution in [0.4, 0.5) is 0 Å². The van der Waals surface area contributed by atoms with Gasteiger partial charge in [-0.3, -0.25) is 0 Å². The van der Waals surface area contributed by atoms with Crippen LogP contribution in [0.15, 0.2) is 52.9 Å². The van der Waals surface area contributed by atoms with Gasteiger partial charge in [-0.2, -0.15) is 0 Å². The number of methoxy groups -OCH3 is 2. The van der Waals surface area contributed by atoms with E-state index in [1.54, 1.807) is 18.2 Å². The van der Waals surface area contributed by atoms with Crippen LogP contribution in [0.2, 0.25) is 0 Å². The number of benzene rings is 2. The highest BCUT2D eigenvalue weighted by atomic mass is 16.5. The van der Waals surface area contributed by atoms with Crippen molar-refractivity contribution in [2.75, 3.05) is 14.2 Å². The van der Waals surface area contributed by atoms with Crippen LogP contribution in [0.25, 0.3) is 11.5 Å². The average molecular weight is 340 g/mol. The molecular formula is C18H16N2O5. The largest absolute Gasteiger partial charge is 0.497 e. The molecular weight excluding hydrogens is 324 g/mol. The number of ether oxygens (including phenoxy) is 3. The van der Waals surface area contributed by atoms with Gasteiger partial charge in [-0.1, -0.05) is 18.2 Å². The first-order valence-electron chi connectivity index (χ1n) is 7.47. The maximum atomic E-state index is 12.2. The number of hydrogen-bond acceptors (Lipinski definition) is 7. The van der Waals surface area contributed by atoms with Crippen molar-refractivity contribution >= 4 is 5.97 Å². The molecule has 0 aliphatic carbocycles.